The van der Waals surface area contributed by atoms with Crippen molar-refractivity contribution in [1.29, 1.82) is 0 Å². The number of pyridine rings is 2. The van der Waals surface area contributed by atoms with Gasteiger partial charge in [-0.3, -0.25) is 9.59 Å². The number of nitrogens with zero attached hydrogens (tertiary/aromatic N) is 2. The van der Waals surface area contributed by atoms with E-state index in [1.807, 2.05) is 24.3 Å². The van der Waals surface area contributed by atoms with Gasteiger partial charge >= 0.3 is 0 Å². The minimum Gasteiger partial charge on any atom is -0.306 e. The second kappa shape index (κ2) is 5.98. The summed E-state index contributed by atoms with van der Waals surface area (Å²) in [5, 5.41) is 2.75. The summed E-state index contributed by atoms with van der Waals surface area (Å²) in [7, 11) is 0. The van der Waals surface area contributed by atoms with Crippen molar-refractivity contribution < 1.29 is 0 Å². The number of aryl methyl sites for hydroxylation is 2. The first-order valence-corrected chi connectivity index (χ1v) is 9.46. The largest absolute Gasteiger partial charge is 0.306 e. The van der Waals surface area contributed by atoms with Crippen molar-refractivity contribution >= 4 is 45.0 Å². The van der Waals surface area contributed by atoms with E-state index < -0.39 is 0 Å². The van der Waals surface area contributed by atoms with Gasteiger partial charge in [0.2, 0.25) is 0 Å². The van der Waals surface area contributed by atoms with E-state index in [9.17, 15) is 9.59 Å². The van der Waals surface area contributed by atoms with Crippen molar-refractivity contribution in [2.75, 3.05) is 0 Å². The van der Waals surface area contributed by atoms with Crippen molar-refractivity contribution in [2.24, 2.45) is 0 Å². The first-order valence-electron chi connectivity index (χ1n) is 8.70. The molecule has 4 nitrogen and oxygen atoms in total. The normalized spacial score (nSPS) is 13.4. The maximum atomic E-state index is 13.3. The fourth-order valence-electron chi connectivity index (χ4n) is 3.95. The molecule has 4 aromatic rings. The number of hydrogen-bond acceptors (Lipinski definition) is 2. The third kappa shape index (κ3) is 2.44. The molecule has 0 aliphatic carbocycles. The van der Waals surface area contributed by atoms with E-state index in [4.69, 9.17) is 23.2 Å². The van der Waals surface area contributed by atoms with E-state index in [-0.39, 0.29) is 11.1 Å². The first-order chi connectivity index (χ1) is 13.0. The Morgan fingerprint density at radius 1 is 0.741 bits per heavy atom. The summed E-state index contributed by atoms with van der Waals surface area (Å²) in [5.74, 6) is 0. The molecule has 1 aliphatic heterocycles. The fraction of sp³-hybridized carbons (Fsp3) is 0.143. The Balaban J connectivity index is 1.94. The van der Waals surface area contributed by atoms with Gasteiger partial charge in [-0.15, -0.1) is 0 Å². The molecule has 0 radical (unpaired) electrons. The molecule has 0 bridgehead atoms. The highest BCUT2D eigenvalue weighted by Crippen LogP contribution is 2.31. The van der Waals surface area contributed by atoms with E-state index in [1.165, 1.54) is 0 Å². The van der Waals surface area contributed by atoms with Crippen molar-refractivity contribution in [3.05, 3.63) is 79.3 Å². The van der Waals surface area contributed by atoms with E-state index in [0.717, 1.165) is 27.4 Å². The molecule has 0 saturated heterocycles. The van der Waals surface area contributed by atoms with Gasteiger partial charge in [0.15, 0.2) is 0 Å². The number of rotatable bonds is 1. The highest BCUT2D eigenvalue weighted by Gasteiger charge is 2.18. The zero-order valence-electron chi connectivity index (χ0n) is 14.2. The summed E-state index contributed by atoms with van der Waals surface area (Å²) < 4.78 is 3.57. The average Bonchev–Trinajstić information content (AvgIpc) is 2.87. The quantitative estimate of drug-likeness (QED) is 0.438. The van der Waals surface area contributed by atoms with Crippen LogP contribution < -0.4 is 11.1 Å². The summed E-state index contributed by atoms with van der Waals surface area (Å²) in [6.45, 7) is 1.16. The van der Waals surface area contributed by atoms with Crippen LogP contribution >= 0.6 is 23.2 Å². The van der Waals surface area contributed by atoms with Gasteiger partial charge in [-0.25, -0.2) is 0 Å². The van der Waals surface area contributed by atoms with Gasteiger partial charge in [0.05, 0.1) is 21.1 Å². The molecular formula is C21H14Cl2N2O2. The van der Waals surface area contributed by atoms with Crippen LogP contribution in [0.1, 0.15) is 6.42 Å². The number of halogens is 2. The standard InChI is InChI=1S/C21H14Cl2N2O2/c22-16-6-4-13(11-17(16)23)15-10-14-3-2-12-5-7-18(26)24-8-1-9-25(21(15)27)20(14)19(12)24/h2-7,10-11H,1,8-9H2. The molecule has 1 aliphatic rings. The topological polar surface area (TPSA) is 44.0 Å². The molecule has 0 N–H and O–H groups in total. The van der Waals surface area contributed by atoms with Gasteiger partial charge in [-0.05, 0) is 36.2 Å². The Morgan fingerprint density at radius 3 is 2.26 bits per heavy atom. The van der Waals surface area contributed by atoms with Gasteiger partial charge in [-0.2, -0.15) is 0 Å². The van der Waals surface area contributed by atoms with Gasteiger partial charge in [0, 0.05) is 35.5 Å². The second-order valence-corrected chi connectivity index (χ2v) is 7.58. The van der Waals surface area contributed by atoms with E-state index in [2.05, 4.69) is 0 Å². The minimum absolute atomic E-state index is 0.0375. The summed E-state index contributed by atoms with van der Waals surface area (Å²) in [5.41, 5.74) is 2.83. The Hall–Kier alpha value is -2.56. The monoisotopic (exact) mass is 396 g/mol. The van der Waals surface area contributed by atoms with Crippen molar-refractivity contribution in [1.82, 2.24) is 9.13 Å². The molecule has 134 valence electrons. The van der Waals surface area contributed by atoms with Crippen molar-refractivity contribution in [3.63, 3.8) is 0 Å². The lowest BCUT2D eigenvalue weighted by Crippen LogP contribution is -2.22. The highest BCUT2D eigenvalue weighted by molar-refractivity contribution is 6.42. The van der Waals surface area contributed by atoms with Crippen LogP contribution in [0, 0.1) is 0 Å². The summed E-state index contributed by atoms with van der Waals surface area (Å²) in [4.78, 5) is 25.7. The molecular weight excluding hydrogens is 383 g/mol. The predicted octanol–water partition coefficient (Wildman–Crippen LogP) is 4.69. The Kier molecular flexibility index (Phi) is 3.67. The van der Waals surface area contributed by atoms with E-state index in [1.54, 1.807) is 33.4 Å². The van der Waals surface area contributed by atoms with Crippen LogP contribution in [0.25, 0.3) is 32.9 Å². The van der Waals surface area contributed by atoms with Crippen LogP contribution in [0.3, 0.4) is 0 Å². The van der Waals surface area contributed by atoms with Gasteiger partial charge in [0.25, 0.3) is 11.1 Å². The van der Waals surface area contributed by atoms with Crippen molar-refractivity contribution in [2.45, 2.75) is 19.5 Å². The maximum absolute atomic E-state index is 13.3. The molecule has 0 amide bonds. The highest BCUT2D eigenvalue weighted by atomic mass is 35.5. The number of aromatic nitrogens is 2. The molecule has 0 fully saturated rings. The number of benzene rings is 2. The molecule has 3 heterocycles. The lowest BCUT2D eigenvalue weighted by molar-refractivity contribution is 0.580. The molecule has 2 aromatic heterocycles. The average molecular weight is 397 g/mol. The second-order valence-electron chi connectivity index (χ2n) is 6.76. The third-order valence-electron chi connectivity index (χ3n) is 5.19. The maximum Gasteiger partial charge on any atom is 0.258 e. The van der Waals surface area contributed by atoms with E-state index in [0.29, 0.717) is 35.1 Å². The fourth-order valence-corrected chi connectivity index (χ4v) is 4.25. The molecule has 2 aromatic carbocycles. The molecule has 6 heteroatoms. The Bertz CT molecular complexity index is 1370. The SMILES string of the molecule is O=c1ccc2ccc3cc(-c4ccc(Cl)c(Cl)c4)c(=O)n4c3c2n1CCC4. The van der Waals surface area contributed by atoms with Crippen LogP contribution in [0.15, 0.2) is 58.1 Å². The van der Waals surface area contributed by atoms with Crippen molar-refractivity contribution in [3.8, 4) is 11.1 Å². The summed E-state index contributed by atoms with van der Waals surface area (Å²) in [6.07, 6.45) is 0.716. The molecule has 5 rings (SSSR count). The van der Waals surface area contributed by atoms with Crippen LogP contribution in [0.5, 0.6) is 0 Å². The summed E-state index contributed by atoms with van der Waals surface area (Å²) in [6, 6.07) is 14.5. The van der Waals surface area contributed by atoms with Gasteiger partial charge in [-0.1, -0.05) is 41.4 Å². The minimum atomic E-state index is -0.0851. The molecule has 0 spiro atoms. The first kappa shape index (κ1) is 16.6. The zero-order chi connectivity index (χ0) is 18.7. The van der Waals surface area contributed by atoms with Crippen LogP contribution in [0.2, 0.25) is 10.0 Å². The predicted molar refractivity (Wildman–Crippen MR) is 110 cm³/mol. The Labute approximate surface area is 164 Å². The van der Waals surface area contributed by atoms with Gasteiger partial charge in [0.1, 0.15) is 0 Å². The van der Waals surface area contributed by atoms with E-state index >= 15 is 0 Å². The molecule has 27 heavy (non-hydrogen) atoms. The zero-order valence-corrected chi connectivity index (χ0v) is 15.7. The van der Waals surface area contributed by atoms with Crippen LogP contribution in [-0.4, -0.2) is 9.13 Å². The summed E-state index contributed by atoms with van der Waals surface area (Å²) >= 11 is 12.2. The molecule has 0 atom stereocenters. The van der Waals surface area contributed by atoms with Crippen LogP contribution in [0.4, 0.5) is 0 Å². The molecule has 0 unspecified atom stereocenters. The lowest BCUT2D eigenvalue weighted by atomic mass is 10.0. The lowest BCUT2D eigenvalue weighted by Gasteiger charge is -2.14. The smallest absolute Gasteiger partial charge is 0.258 e. The van der Waals surface area contributed by atoms with Crippen LogP contribution in [-0.2, 0) is 13.1 Å². The number of hydrogen-bond donors (Lipinski definition) is 0. The Morgan fingerprint density at radius 2 is 1.44 bits per heavy atom. The third-order valence-corrected chi connectivity index (χ3v) is 5.93. The van der Waals surface area contributed by atoms with Gasteiger partial charge < -0.3 is 9.13 Å². The molecule has 0 saturated carbocycles.